The summed E-state index contributed by atoms with van der Waals surface area (Å²) in [4.78, 5) is 12.8. The summed E-state index contributed by atoms with van der Waals surface area (Å²) in [6.07, 6.45) is 7.17. The lowest BCUT2D eigenvalue weighted by Crippen LogP contribution is -2.45. The Labute approximate surface area is 139 Å². The average Bonchev–Trinajstić information content (AvgIpc) is 2.82. The van der Waals surface area contributed by atoms with E-state index in [-0.39, 0.29) is 5.91 Å². The molecule has 0 heterocycles. The molecule has 1 saturated carbocycles. The molecule has 1 fully saturated rings. The number of methoxy groups -OCH3 is 2. The summed E-state index contributed by atoms with van der Waals surface area (Å²) >= 11 is 0. The first-order valence-electron chi connectivity index (χ1n) is 8.52. The Morgan fingerprint density at radius 3 is 2.22 bits per heavy atom. The minimum Gasteiger partial charge on any atom is -0.493 e. The van der Waals surface area contributed by atoms with Crippen LogP contribution in [-0.2, 0) is 10.2 Å². The van der Waals surface area contributed by atoms with Gasteiger partial charge >= 0.3 is 0 Å². The Kier molecular flexibility index (Phi) is 5.91. The van der Waals surface area contributed by atoms with Gasteiger partial charge in [-0.1, -0.05) is 31.7 Å². The van der Waals surface area contributed by atoms with Gasteiger partial charge in [0.2, 0.25) is 5.91 Å². The van der Waals surface area contributed by atoms with Gasteiger partial charge in [-0.15, -0.1) is 0 Å². The summed E-state index contributed by atoms with van der Waals surface area (Å²) in [6.45, 7) is 3.92. The maximum Gasteiger partial charge on any atom is 0.230 e. The molecule has 0 saturated heterocycles. The fourth-order valence-electron chi connectivity index (χ4n) is 3.15. The van der Waals surface area contributed by atoms with Crippen LogP contribution < -0.4 is 14.8 Å². The molecule has 1 aliphatic rings. The standard InChI is InChI=1S/C19H29NO3/c1-19(2,14-11-12-16(22-3)17(13-14)23-4)18(21)20-15-9-7-5-6-8-10-15/h11-13,15H,5-10H2,1-4H3,(H,20,21). The van der Waals surface area contributed by atoms with Gasteiger partial charge in [-0.3, -0.25) is 4.79 Å². The molecule has 23 heavy (non-hydrogen) atoms. The summed E-state index contributed by atoms with van der Waals surface area (Å²) < 4.78 is 10.6. The topological polar surface area (TPSA) is 47.6 Å². The van der Waals surface area contributed by atoms with Crippen LogP contribution in [0.15, 0.2) is 18.2 Å². The molecule has 1 aromatic rings. The van der Waals surface area contributed by atoms with E-state index in [4.69, 9.17) is 9.47 Å². The van der Waals surface area contributed by atoms with Crippen LogP contribution in [0.4, 0.5) is 0 Å². The number of hydrogen-bond donors (Lipinski definition) is 1. The Bertz CT molecular complexity index is 531. The van der Waals surface area contributed by atoms with Crippen LogP contribution in [0.2, 0.25) is 0 Å². The first-order valence-corrected chi connectivity index (χ1v) is 8.52. The van der Waals surface area contributed by atoms with Crippen molar-refractivity contribution in [3.63, 3.8) is 0 Å². The van der Waals surface area contributed by atoms with E-state index in [0.29, 0.717) is 17.5 Å². The number of benzene rings is 1. The van der Waals surface area contributed by atoms with Gasteiger partial charge in [-0.05, 0) is 44.4 Å². The van der Waals surface area contributed by atoms with Crippen molar-refractivity contribution in [2.24, 2.45) is 0 Å². The molecule has 1 amide bonds. The molecule has 0 bridgehead atoms. The van der Waals surface area contributed by atoms with Gasteiger partial charge < -0.3 is 14.8 Å². The molecule has 1 aromatic carbocycles. The lowest BCUT2D eigenvalue weighted by molar-refractivity contribution is -0.126. The first-order chi connectivity index (χ1) is 11.0. The van der Waals surface area contributed by atoms with Crippen molar-refractivity contribution in [1.82, 2.24) is 5.32 Å². The maximum absolute atomic E-state index is 12.8. The molecule has 0 radical (unpaired) electrons. The highest BCUT2D eigenvalue weighted by molar-refractivity contribution is 5.87. The van der Waals surface area contributed by atoms with Crippen molar-refractivity contribution < 1.29 is 14.3 Å². The van der Waals surface area contributed by atoms with E-state index in [2.05, 4.69) is 5.32 Å². The van der Waals surface area contributed by atoms with Gasteiger partial charge in [0.25, 0.3) is 0 Å². The van der Waals surface area contributed by atoms with Crippen LogP contribution in [0.3, 0.4) is 0 Å². The zero-order valence-corrected chi connectivity index (χ0v) is 14.8. The highest BCUT2D eigenvalue weighted by Gasteiger charge is 2.32. The minimum atomic E-state index is -0.605. The van der Waals surface area contributed by atoms with Crippen molar-refractivity contribution in [3.8, 4) is 11.5 Å². The molecule has 0 aliphatic heterocycles. The quantitative estimate of drug-likeness (QED) is 0.839. The SMILES string of the molecule is COc1ccc(C(C)(C)C(=O)NC2CCCCCC2)cc1OC. The van der Waals surface area contributed by atoms with Crippen LogP contribution in [0.1, 0.15) is 57.9 Å². The van der Waals surface area contributed by atoms with E-state index in [1.165, 1.54) is 25.7 Å². The second-order valence-electron chi connectivity index (χ2n) is 6.86. The fourth-order valence-corrected chi connectivity index (χ4v) is 3.15. The predicted octanol–water partition coefficient (Wildman–Crippen LogP) is 3.82. The number of hydrogen-bond acceptors (Lipinski definition) is 3. The maximum atomic E-state index is 12.8. The molecule has 4 nitrogen and oxygen atoms in total. The Hall–Kier alpha value is -1.71. The molecule has 4 heteroatoms. The van der Waals surface area contributed by atoms with E-state index in [0.717, 1.165) is 18.4 Å². The minimum absolute atomic E-state index is 0.0802. The monoisotopic (exact) mass is 319 g/mol. The van der Waals surface area contributed by atoms with Gasteiger partial charge in [0.15, 0.2) is 11.5 Å². The molecule has 0 spiro atoms. The van der Waals surface area contributed by atoms with Gasteiger partial charge in [0.05, 0.1) is 19.6 Å². The lowest BCUT2D eigenvalue weighted by Gasteiger charge is -2.28. The molecule has 128 valence electrons. The molecule has 1 aliphatic carbocycles. The largest absolute Gasteiger partial charge is 0.493 e. The molecule has 0 atom stereocenters. The zero-order valence-electron chi connectivity index (χ0n) is 14.8. The Morgan fingerprint density at radius 2 is 1.65 bits per heavy atom. The fraction of sp³-hybridized carbons (Fsp3) is 0.632. The highest BCUT2D eigenvalue weighted by Crippen LogP contribution is 2.33. The third-order valence-electron chi connectivity index (χ3n) is 4.86. The third kappa shape index (κ3) is 4.18. The summed E-state index contributed by atoms with van der Waals surface area (Å²) in [5, 5.41) is 3.25. The van der Waals surface area contributed by atoms with E-state index < -0.39 is 5.41 Å². The molecular formula is C19H29NO3. The smallest absolute Gasteiger partial charge is 0.230 e. The normalized spacial score (nSPS) is 16.5. The number of amides is 1. The van der Waals surface area contributed by atoms with Crippen molar-refractivity contribution in [2.45, 2.75) is 63.8 Å². The zero-order chi connectivity index (χ0) is 16.9. The van der Waals surface area contributed by atoms with Crippen LogP contribution in [-0.4, -0.2) is 26.2 Å². The molecule has 1 N–H and O–H groups in total. The predicted molar refractivity (Wildman–Crippen MR) is 92.2 cm³/mol. The number of ether oxygens (including phenoxy) is 2. The van der Waals surface area contributed by atoms with Gasteiger partial charge in [0.1, 0.15) is 0 Å². The van der Waals surface area contributed by atoms with E-state index in [9.17, 15) is 4.79 Å². The summed E-state index contributed by atoms with van der Waals surface area (Å²) in [7, 11) is 3.22. The number of carbonyl (C=O) groups excluding carboxylic acids is 1. The van der Waals surface area contributed by atoms with Crippen molar-refractivity contribution in [1.29, 1.82) is 0 Å². The summed E-state index contributed by atoms with van der Waals surface area (Å²) in [6, 6.07) is 6.00. The number of rotatable bonds is 5. The van der Waals surface area contributed by atoms with Crippen LogP contribution in [0, 0.1) is 0 Å². The second-order valence-corrected chi connectivity index (χ2v) is 6.86. The highest BCUT2D eigenvalue weighted by atomic mass is 16.5. The van der Waals surface area contributed by atoms with Crippen molar-refractivity contribution >= 4 is 5.91 Å². The Morgan fingerprint density at radius 1 is 1.04 bits per heavy atom. The van der Waals surface area contributed by atoms with Gasteiger partial charge in [-0.2, -0.15) is 0 Å². The molecule has 0 unspecified atom stereocenters. The molecule has 0 aromatic heterocycles. The first kappa shape index (κ1) is 17.6. The third-order valence-corrected chi connectivity index (χ3v) is 4.86. The second kappa shape index (κ2) is 7.71. The summed E-state index contributed by atoms with van der Waals surface area (Å²) in [5.74, 6) is 1.41. The van der Waals surface area contributed by atoms with Crippen LogP contribution in [0.25, 0.3) is 0 Å². The van der Waals surface area contributed by atoms with Crippen LogP contribution >= 0.6 is 0 Å². The van der Waals surface area contributed by atoms with E-state index in [1.54, 1.807) is 14.2 Å². The van der Waals surface area contributed by atoms with E-state index >= 15 is 0 Å². The summed E-state index contributed by atoms with van der Waals surface area (Å²) in [5.41, 5.74) is 0.326. The lowest BCUT2D eigenvalue weighted by atomic mass is 9.83. The molecular weight excluding hydrogens is 290 g/mol. The Balaban J connectivity index is 2.14. The van der Waals surface area contributed by atoms with Gasteiger partial charge in [-0.25, -0.2) is 0 Å². The van der Waals surface area contributed by atoms with Crippen LogP contribution in [0.5, 0.6) is 11.5 Å². The van der Waals surface area contributed by atoms with Crippen molar-refractivity contribution in [2.75, 3.05) is 14.2 Å². The van der Waals surface area contributed by atoms with Crippen molar-refractivity contribution in [3.05, 3.63) is 23.8 Å². The average molecular weight is 319 g/mol. The molecule has 2 rings (SSSR count). The number of carbonyl (C=O) groups is 1. The van der Waals surface area contributed by atoms with Gasteiger partial charge in [0, 0.05) is 6.04 Å². The number of nitrogens with one attached hydrogen (secondary N) is 1. The van der Waals surface area contributed by atoms with E-state index in [1.807, 2.05) is 32.0 Å².